The van der Waals surface area contributed by atoms with Crippen LogP contribution in [0.1, 0.15) is 41.9 Å². The molecule has 6 heteroatoms. The molecule has 0 spiro atoms. The van der Waals surface area contributed by atoms with Gasteiger partial charge in [0.2, 0.25) is 0 Å². The van der Waals surface area contributed by atoms with Crippen LogP contribution in [0.4, 0.5) is 0 Å². The van der Waals surface area contributed by atoms with Crippen molar-refractivity contribution in [3.8, 4) is 0 Å². The summed E-state index contributed by atoms with van der Waals surface area (Å²) in [7, 11) is 0. The Balaban J connectivity index is 1.90. The van der Waals surface area contributed by atoms with Crippen LogP contribution < -0.4 is 0 Å². The number of carboxylic acids is 1. The number of likely N-dealkylation sites (N-methyl/N-ethyl adjacent to an activating group) is 1. The van der Waals surface area contributed by atoms with Gasteiger partial charge in [0.15, 0.2) is 11.5 Å². The summed E-state index contributed by atoms with van der Waals surface area (Å²) in [4.78, 5) is 17.9. The number of aromatic nitrogens is 3. The molecule has 20 heavy (non-hydrogen) atoms. The fourth-order valence-corrected chi connectivity index (χ4v) is 2.76. The third kappa shape index (κ3) is 2.38. The number of carboxylic acid groups (broad SMARTS) is 1. The summed E-state index contributed by atoms with van der Waals surface area (Å²) in [5.74, 6) is 0.231. The largest absolute Gasteiger partial charge is 0.478 e. The van der Waals surface area contributed by atoms with E-state index in [-0.39, 0.29) is 5.56 Å². The molecule has 106 valence electrons. The van der Waals surface area contributed by atoms with Crippen LogP contribution in [0.3, 0.4) is 0 Å². The van der Waals surface area contributed by atoms with Crippen molar-refractivity contribution in [2.24, 2.45) is 0 Å². The van der Waals surface area contributed by atoms with Crippen LogP contribution in [0.5, 0.6) is 0 Å². The van der Waals surface area contributed by atoms with Crippen molar-refractivity contribution < 1.29 is 9.90 Å². The number of nitrogens with zero attached hydrogens (tertiary/aromatic N) is 4. The molecule has 0 aromatic carbocycles. The Bertz CT molecular complexity index is 637. The molecule has 0 bridgehead atoms. The van der Waals surface area contributed by atoms with Gasteiger partial charge in [0, 0.05) is 18.7 Å². The van der Waals surface area contributed by atoms with Gasteiger partial charge in [-0.15, -0.1) is 0 Å². The maximum Gasteiger partial charge on any atom is 0.335 e. The van der Waals surface area contributed by atoms with Crippen molar-refractivity contribution in [2.75, 3.05) is 19.6 Å². The van der Waals surface area contributed by atoms with E-state index in [9.17, 15) is 4.79 Å². The Morgan fingerprint density at radius 2 is 2.40 bits per heavy atom. The highest BCUT2D eigenvalue weighted by molar-refractivity contribution is 5.88. The number of hydrogen-bond acceptors (Lipinski definition) is 4. The number of carbonyl (C=O) groups is 1. The maximum absolute atomic E-state index is 11.0. The lowest BCUT2D eigenvalue weighted by molar-refractivity contribution is 0.0697. The Hall–Kier alpha value is -1.95. The standard InChI is InChI=1S/C14H18N4O2/c1-2-17-6-3-4-11(9-17)13-15-12-8-10(14(19)20)5-7-18(12)16-13/h5,7-8,11H,2-4,6,9H2,1H3,(H,19,20). The summed E-state index contributed by atoms with van der Waals surface area (Å²) in [6, 6.07) is 3.12. The molecule has 1 aliphatic rings. The van der Waals surface area contributed by atoms with Gasteiger partial charge in [-0.25, -0.2) is 14.3 Å². The highest BCUT2D eigenvalue weighted by Crippen LogP contribution is 2.24. The quantitative estimate of drug-likeness (QED) is 0.921. The summed E-state index contributed by atoms with van der Waals surface area (Å²) in [6.45, 7) is 5.34. The van der Waals surface area contributed by atoms with Gasteiger partial charge in [0.1, 0.15) is 0 Å². The van der Waals surface area contributed by atoms with Crippen LogP contribution in [0.15, 0.2) is 18.3 Å². The number of piperidine rings is 1. The van der Waals surface area contributed by atoms with E-state index in [1.807, 2.05) is 0 Å². The van der Waals surface area contributed by atoms with Crippen LogP contribution in [-0.4, -0.2) is 50.2 Å². The Kier molecular flexibility index (Phi) is 3.40. The minimum atomic E-state index is -0.938. The van der Waals surface area contributed by atoms with Crippen molar-refractivity contribution in [3.05, 3.63) is 29.7 Å². The highest BCUT2D eigenvalue weighted by Gasteiger charge is 2.23. The fraction of sp³-hybridized carbons (Fsp3) is 0.500. The molecule has 2 aromatic heterocycles. The van der Waals surface area contributed by atoms with Gasteiger partial charge >= 0.3 is 5.97 Å². The molecular formula is C14H18N4O2. The van der Waals surface area contributed by atoms with Crippen molar-refractivity contribution >= 4 is 11.6 Å². The second-order valence-corrected chi connectivity index (χ2v) is 5.23. The van der Waals surface area contributed by atoms with E-state index in [2.05, 4.69) is 21.9 Å². The molecule has 2 aromatic rings. The highest BCUT2D eigenvalue weighted by atomic mass is 16.4. The summed E-state index contributed by atoms with van der Waals surface area (Å²) < 4.78 is 1.66. The van der Waals surface area contributed by atoms with Crippen LogP contribution >= 0.6 is 0 Å². The van der Waals surface area contributed by atoms with Gasteiger partial charge in [-0.1, -0.05) is 6.92 Å². The molecule has 0 saturated carbocycles. The summed E-state index contributed by atoms with van der Waals surface area (Å²) in [5, 5.41) is 13.5. The third-order valence-electron chi connectivity index (χ3n) is 3.92. The van der Waals surface area contributed by atoms with Crippen LogP contribution in [-0.2, 0) is 0 Å². The topological polar surface area (TPSA) is 70.7 Å². The molecule has 0 amide bonds. The molecule has 6 nitrogen and oxygen atoms in total. The maximum atomic E-state index is 11.0. The van der Waals surface area contributed by atoms with Gasteiger partial charge < -0.3 is 10.0 Å². The third-order valence-corrected chi connectivity index (χ3v) is 3.92. The number of likely N-dealkylation sites (tertiary alicyclic amines) is 1. The van der Waals surface area contributed by atoms with Crippen LogP contribution in [0.25, 0.3) is 5.65 Å². The molecule has 0 aliphatic carbocycles. The average molecular weight is 274 g/mol. The monoisotopic (exact) mass is 274 g/mol. The fourth-order valence-electron chi connectivity index (χ4n) is 2.76. The predicted octanol–water partition coefficient (Wildman–Crippen LogP) is 1.63. The molecule has 3 rings (SSSR count). The Morgan fingerprint density at radius 1 is 1.55 bits per heavy atom. The van der Waals surface area contributed by atoms with Gasteiger partial charge in [0.25, 0.3) is 0 Å². The normalized spacial score (nSPS) is 20.4. The molecular weight excluding hydrogens is 256 g/mol. The SMILES string of the molecule is CCN1CCCC(c2nc3cc(C(=O)O)ccn3n2)C1. The molecule has 3 heterocycles. The molecule has 1 unspecified atom stereocenters. The zero-order valence-electron chi connectivity index (χ0n) is 11.5. The van der Waals surface area contributed by atoms with Crippen LogP contribution in [0.2, 0.25) is 0 Å². The Labute approximate surface area is 117 Å². The molecule has 1 fully saturated rings. The second-order valence-electron chi connectivity index (χ2n) is 5.23. The van der Waals surface area contributed by atoms with E-state index in [4.69, 9.17) is 5.11 Å². The second kappa shape index (κ2) is 5.20. The number of pyridine rings is 1. The first kappa shape index (κ1) is 13.1. The van der Waals surface area contributed by atoms with E-state index in [1.54, 1.807) is 22.8 Å². The van der Waals surface area contributed by atoms with E-state index in [0.717, 1.165) is 38.3 Å². The van der Waals surface area contributed by atoms with Crippen molar-refractivity contribution in [2.45, 2.75) is 25.7 Å². The zero-order valence-corrected chi connectivity index (χ0v) is 11.5. The zero-order chi connectivity index (χ0) is 14.1. The average Bonchev–Trinajstić information content (AvgIpc) is 2.90. The van der Waals surface area contributed by atoms with E-state index in [1.165, 1.54) is 0 Å². The first-order valence-electron chi connectivity index (χ1n) is 6.99. The first-order chi connectivity index (χ1) is 9.67. The van der Waals surface area contributed by atoms with Gasteiger partial charge in [-0.2, -0.15) is 5.10 Å². The minimum Gasteiger partial charge on any atom is -0.478 e. The van der Waals surface area contributed by atoms with Crippen molar-refractivity contribution in [1.29, 1.82) is 0 Å². The molecule has 0 radical (unpaired) electrons. The molecule has 1 saturated heterocycles. The van der Waals surface area contributed by atoms with Gasteiger partial charge in [-0.05, 0) is 38.1 Å². The summed E-state index contributed by atoms with van der Waals surface area (Å²) in [5.41, 5.74) is 0.851. The van der Waals surface area contributed by atoms with E-state index in [0.29, 0.717) is 11.6 Å². The number of aromatic carboxylic acids is 1. The number of rotatable bonds is 3. The van der Waals surface area contributed by atoms with Gasteiger partial charge in [0.05, 0.1) is 5.56 Å². The number of fused-ring (bicyclic) bond motifs is 1. The van der Waals surface area contributed by atoms with Crippen molar-refractivity contribution in [3.63, 3.8) is 0 Å². The Morgan fingerprint density at radius 3 is 3.15 bits per heavy atom. The summed E-state index contributed by atoms with van der Waals surface area (Å²) >= 11 is 0. The minimum absolute atomic E-state index is 0.246. The summed E-state index contributed by atoms with van der Waals surface area (Å²) in [6.07, 6.45) is 3.92. The molecule has 1 aliphatic heterocycles. The smallest absolute Gasteiger partial charge is 0.335 e. The van der Waals surface area contributed by atoms with Crippen LogP contribution in [0, 0.1) is 0 Å². The molecule has 1 N–H and O–H groups in total. The predicted molar refractivity (Wildman–Crippen MR) is 74.0 cm³/mol. The number of hydrogen-bond donors (Lipinski definition) is 1. The van der Waals surface area contributed by atoms with Crippen molar-refractivity contribution in [1.82, 2.24) is 19.5 Å². The first-order valence-corrected chi connectivity index (χ1v) is 6.99. The van der Waals surface area contributed by atoms with Gasteiger partial charge in [-0.3, -0.25) is 0 Å². The lowest BCUT2D eigenvalue weighted by Crippen LogP contribution is -2.34. The van der Waals surface area contributed by atoms with E-state index < -0.39 is 5.97 Å². The van der Waals surface area contributed by atoms with E-state index >= 15 is 0 Å². The lowest BCUT2D eigenvalue weighted by Gasteiger charge is -2.30. The molecule has 1 atom stereocenters. The lowest BCUT2D eigenvalue weighted by atomic mass is 9.97.